The second-order valence-electron chi connectivity index (χ2n) is 17.8. The third-order valence-electron chi connectivity index (χ3n) is 10.4. The smallest absolute Gasteiger partial charge is 0.407 e. The molecule has 0 fully saturated rings. The molecule has 0 spiro atoms. The SMILES string of the molecule is CNC(=O)C(C)CNC(=O)[C@@H](CC[C@@H](C[C@@H](CNC(=O)c1ccccc1OCCCCOC)C(C)C)O[Si](C)(CNC(=O)OC(C)(C)C)C(C)(C)C)C(C)C. The van der Waals surface area contributed by atoms with E-state index in [9.17, 15) is 19.2 Å². The molecule has 0 aromatic heterocycles. The van der Waals surface area contributed by atoms with Crippen molar-refractivity contribution in [2.24, 2.45) is 29.6 Å². The van der Waals surface area contributed by atoms with Crippen LogP contribution >= 0.6 is 0 Å². The lowest BCUT2D eigenvalue weighted by Crippen LogP contribution is -2.56. The molecule has 0 heterocycles. The molecule has 1 rings (SSSR count). The van der Waals surface area contributed by atoms with Gasteiger partial charge < -0.3 is 39.9 Å². The van der Waals surface area contributed by atoms with Gasteiger partial charge in [0.25, 0.3) is 5.91 Å². The normalized spacial score (nSPS) is 15.3. The number of benzene rings is 1. The molecule has 0 aliphatic rings. The number of hydrogen-bond acceptors (Lipinski definition) is 8. The lowest BCUT2D eigenvalue weighted by atomic mass is 9.85. The van der Waals surface area contributed by atoms with Gasteiger partial charge in [0.15, 0.2) is 0 Å². The average molecular weight is 793 g/mol. The average Bonchev–Trinajstić information content (AvgIpc) is 3.09. The van der Waals surface area contributed by atoms with Gasteiger partial charge in [-0.15, -0.1) is 0 Å². The molecule has 4 N–H and O–H groups in total. The number of ether oxygens (including phenoxy) is 3. The largest absolute Gasteiger partial charge is 0.493 e. The lowest BCUT2D eigenvalue weighted by Gasteiger charge is -2.43. The summed E-state index contributed by atoms with van der Waals surface area (Å²) in [6.45, 7) is 26.1. The summed E-state index contributed by atoms with van der Waals surface area (Å²) in [5.41, 5.74) is -0.148. The highest BCUT2D eigenvalue weighted by Gasteiger charge is 2.45. The Hall–Kier alpha value is -3.16. The van der Waals surface area contributed by atoms with Crippen molar-refractivity contribution in [2.75, 3.05) is 46.6 Å². The zero-order valence-corrected chi connectivity index (χ0v) is 37.6. The van der Waals surface area contributed by atoms with Gasteiger partial charge in [0.2, 0.25) is 20.1 Å². The maximum absolute atomic E-state index is 13.6. The minimum Gasteiger partial charge on any atom is -0.493 e. The third kappa shape index (κ3) is 18.6. The molecular formula is C42H76N4O8Si. The van der Waals surface area contributed by atoms with Gasteiger partial charge >= 0.3 is 6.09 Å². The van der Waals surface area contributed by atoms with Gasteiger partial charge in [0.05, 0.1) is 18.1 Å². The Labute approximate surface area is 333 Å². The highest BCUT2D eigenvalue weighted by Crippen LogP contribution is 2.39. The van der Waals surface area contributed by atoms with Crippen LogP contribution in [0.25, 0.3) is 0 Å². The Morgan fingerprint density at radius 3 is 2.00 bits per heavy atom. The molecule has 1 aromatic carbocycles. The predicted molar refractivity (Wildman–Crippen MR) is 223 cm³/mol. The minimum absolute atomic E-state index is 0.0489. The number of para-hydroxylation sites is 1. The fraction of sp³-hybridized carbons (Fsp3) is 0.762. The first-order valence-corrected chi connectivity index (χ1v) is 22.8. The van der Waals surface area contributed by atoms with E-state index in [0.717, 1.165) is 12.8 Å². The molecule has 0 aliphatic heterocycles. The Morgan fingerprint density at radius 1 is 0.800 bits per heavy atom. The molecule has 0 aliphatic carbocycles. The quantitative estimate of drug-likeness (QED) is 0.0631. The Bertz CT molecular complexity index is 1330. The van der Waals surface area contributed by atoms with Crippen LogP contribution in [0.1, 0.15) is 119 Å². The van der Waals surface area contributed by atoms with E-state index in [1.165, 1.54) is 0 Å². The van der Waals surface area contributed by atoms with Crippen molar-refractivity contribution in [3.05, 3.63) is 29.8 Å². The number of rotatable bonds is 24. The second-order valence-corrected chi connectivity index (χ2v) is 22.3. The van der Waals surface area contributed by atoms with Gasteiger partial charge in [0.1, 0.15) is 11.4 Å². The van der Waals surface area contributed by atoms with E-state index in [4.69, 9.17) is 18.6 Å². The van der Waals surface area contributed by atoms with Gasteiger partial charge in [-0.2, -0.15) is 0 Å². The van der Waals surface area contributed by atoms with Crippen LogP contribution in [-0.4, -0.2) is 90.5 Å². The highest BCUT2D eigenvalue weighted by atomic mass is 28.4. The van der Waals surface area contributed by atoms with Gasteiger partial charge in [-0.05, 0) is 94.3 Å². The van der Waals surface area contributed by atoms with E-state index in [-0.39, 0.29) is 65.0 Å². The monoisotopic (exact) mass is 793 g/mol. The summed E-state index contributed by atoms with van der Waals surface area (Å²) in [4.78, 5) is 52.1. The second kappa shape index (κ2) is 23.8. The molecule has 4 amide bonds. The van der Waals surface area contributed by atoms with E-state index in [1.807, 2.05) is 52.8 Å². The number of methoxy groups -OCH3 is 1. The standard InChI is InChI=1S/C42H76N4O8Si/c1-29(2)32(27-45-39(49)35-19-15-16-20-36(35)52-24-18-17-23-51-13)25-33(21-22-34(30(3)4)38(48)44-26-31(5)37(47)43-12)54-55(14,42(9,10)11)28-46-40(50)53-41(6,7)8/h15-16,19-20,29-34H,17-18,21-28H2,1-14H3,(H,43,47)(H,44,48)(H,45,49)(H,46,50)/t31?,32-,33-,34-,55?/m0/s1. The van der Waals surface area contributed by atoms with Crippen molar-refractivity contribution >= 4 is 32.1 Å². The van der Waals surface area contributed by atoms with Crippen molar-refractivity contribution in [1.82, 2.24) is 21.3 Å². The predicted octanol–water partition coefficient (Wildman–Crippen LogP) is 7.26. The molecule has 0 radical (unpaired) electrons. The Kier molecular flexibility index (Phi) is 21.6. The number of unbranched alkanes of at least 4 members (excludes halogenated alkanes) is 1. The van der Waals surface area contributed by atoms with Gasteiger partial charge in [-0.25, -0.2) is 4.79 Å². The van der Waals surface area contributed by atoms with E-state index in [1.54, 1.807) is 27.1 Å². The Morgan fingerprint density at radius 2 is 1.44 bits per heavy atom. The maximum Gasteiger partial charge on any atom is 0.407 e. The van der Waals surface area contributed by atoms with Crippen LogP contribution < -0.4 is 26.0 Å². The van der Waals surface area contributed by atoms with Crippen LogP contribution in [0, 0.1) is 29.6 Å². The van der Waals surface area contributed by atoms with E-state index in [2.05, 4.69) is 62.4 Å². The van der Waals surface area contributed by atoms with Crippen LogP contribution in [0.4, 0.5) is 4.79 Å². The van der Waals surface area contributed by atoms with Gasteiger partial charge in [-0.3, -0.25) is 14.4 Å². The van der Waals surface area contributed by atoms with Crippen molar-refractivity contribution in [2.45, 2.75) is 132 Å². The van der Waals surface area contributed by atoms with Crippen LogP contribution in [0.5, 0.6) is 5.75 Å². The number of hydrogen-bond donors (Lipinski definition) is 4. The van der Waals surface area contributed by atoms with Crippen molar-refractivity contribution < 1.29 is 37.8 Å². The van der Waals surface area contributed by atoms with E-state index in [0.29, 0.717) is 56.5 Å². The number of alkyl carbamates (subject to hydrolysis) is 1. The maximum atomic E-state index is 13.6. The molecular weight excluding hydrogens is 717 g/mol. The van der Waals surface area contributed by atoms with Crippen LogP contribution in [-0.2, 0) is 23.5 Å². The summed E-state index contributed by atoms with van der Waals surface area (Å²) in [7, 11) is 0.542. The summed E-state index contributed by atoms with van der Waals surface area (Å²) < 4.78 is 23.9. The third-order valence-corrected chi connectivity index (χ3v) is 15.2. The molecule has 0 saturated heterocycles. The summed E-state index contributed by atoms with van der Waals surface area (Å²) in [5.74, 6) is -0.201. The van der Waals surface area contributed by atoms with Crippen LogP contribution in [0.2, 0.25) is 11.6 Å². The number of nitrogens with one attached hydrogen (secondary N) is 4. The van der Waals surface area contributed by atoms with Crippen LogP contribution in [0.3, 0.4) is 0 Å². The molecule has 12 nitrogen and oxygen atoms in total. The first kappa shape index (κ1) is 49.9. The van der Waals surface area contributed by atoms with Gasteiger partial charge in [-0.1, -0.05) is 67.5 Å². The van der Waals surface area contributed by atoms with E-state index >= 15 is 0 Å². The molecule has 2 unspecified atom stereocenters. The molecule has 1 aromatic rings. The first-order valence-electron chi connectivity index (χ1n) is 20.2. The molecule has 55 heavy (non-hydrogen) atoms. The first-order chi connectivity index (χ1) is 25.5. The number of amides is 4. The topological polar surface area (TPSA) is 153 Å². The van der Waals surface area contributed by atoms with Gasteiger partial charge in [0, 0.05) is 52.0 Å². The highest BCUT2D eigenvalue weighted by molar-refractivity contribution is 6.75. The molecule has 5 atom stereocenters. The zero-order chi connectivity index (χ0) is 42.0. The zero-order valence-electron chi connectivity index (χ0n) is 36.6. The summed E-state index contributed by atoms with van der Waals surface area (Å²) in [5, 5.41) is 11.6. The molecule has 0 saturated carbocycles. The number of carbonyl (C=O) groups is 4. The van der Waals surface area contributed by atoms with E-state index < -0.39 is 20.0 Å². The minimum atomic E-state index is -2.72. The van der Waals surface area contributed by atoms with Crippen LogP contribution in [0.15, 0.2) is 24.3 Å². The number of carbonyl (C=O) groups excluding carboxylic acids is 4. The molecule has 13 heteroatoms. The van der Waals surface area contributed by atoms with Crippen molar-refractivity contribution in [3.63, 3.8) is 0 Å². The lowest BCUT2D eigenvalue weighted by molar-refractivity contribution is -0.127. The summed E-state index contributed by atoms with van der Waals surface area (Å²) in [6.07, 6.45) is 3.10. The molecule has 316 valence electrons. The van der Waals surface area contributed by atoms with Crippen molar-refractivity contribution in [3.8, 4) is 5.75 Å². The van der Waals surface area contributed by atoms with Crippen molar-refractivity contribution in [1.29, 1.82) is 0 Å². The summed E-state index contributed by atoms with van der Waals surface area (Å²) in [6, 6.07) is 7.29. The fourth-order valence-corrected chi connectivity index (χ4v) is 8.45. The summed E-state index contributed by atoms with van der Waals surface area (Å²) >= 11 is 0. The molecule has 0 bridgehead atoms. The fourth-order valence-electron chi connectivity index (χ4n) is 6.05. The Balaban J connectivity index is 3.34.